The lowest BCUT2D eigenvalue weighted by Crippen LogP contribution is -2.10. The van der Waals surface area contributed by atoms with Crippen LogP contribution in [-0.4, -0.2) is 13.7 Å². The summed E-state index contributed by atoms with van der Waals surface area (Å²) >= 11 is 0. The minimum atomic E-state index is 0.502. The Morgan fingerprint density at radius 2 is 1.77 bits per heavy atom. The summed E-state index contributed by atoms with van der Waals surface area (Å²) in [5, 5.41) is 0. The van der Waals surface area contributed by atoms with Crippen LogP contribution in [0.2, 0.25) is 0 Å². The summed E-state index contributed by atoms with van der Waals surface area (Å²) in [5.41, 5.74) is 0.502. The highest BCUT2D eigenvalue weighted by Crippen LogP contribution is 2.28. The van der Waals surface area contributed by atoms with Gasteiger partial charge in [0.2, 0.25) is 0 Å². The first-order valence-electron chi connectivity index (χ1n) is 5.28. The third-order valence-electron chi connectivity index (χ3n) is 2.38. The van der Waals surface area contributed by atoms with Gasteiger partial charge < -0.3 is 0 Å². The van der Waals surface area contributed by atoms with E-state index < -0.39 is 0 Å². The van der Waals surface area contributed by atoms with Crippen molar-refractivity contribution in [3.8, 4) is 0 Å². The third kappa shape index (κ3) is 8.26. The molecule has 0 radical (unpaired) electrons. The van der Waals surface area contributed by atoms with E-state index in [1.54, 1.807) is 7.11 Å². The molecule has 2 heteroatoms. The molecule has 0 unspecified atom stereocenters. The van der Waals surface area contributed by atoms with Crippen LogP contribution in [0.5, 0.6) is 0 Å². The highest BCUT2D eigenvalue weighted by Gasteiger charge is 2.15. The van der Waals surface area contributed by atoms with Crippen LogP contribution in [0.3, 0.4) is 0 Å². The first kappa shape index (κ1) is 12.9. The van der Waals surface area contributed by atoms with E-state index >= 15 is 0 Å². The fourth-order valence-electron chi connectivity index (χ4n) is 1.65. The molecule has 0 saturated heterocycles. The van der Waals surface area contributed by atoms with Crippen LogP contribution in [0, 0.1) is 5.41 Å². The quantitative estimate of drug-likeness (QED) is 0.329. The largest absolute Gasteiger partial charge is 0.240 e. The van der Waals surface area contributed by atoms with Gasteiger partial charge in [-0.2, -0.15) is 0 Å². The molecule has 0 heterocycles. The van der Waals surface area contributed by atoms with Gasteiger partial charge in [-0.1, -0.05) is 33.6 Å². The summed E-state index contributed by atoms with van der Waals surface area (Å²) in [4.78, 5) is 9.33. The summed E-state index contributed by atoms with van der Waals surface area (Å²) in [6.07, 6.45) is 6.21. The number of hydrogen-bond acceptors (Lipinski definition) is 2. The Bertz CT molecular complexity index is 111. The molecule has 0 aliphatic rings. The number of hydrogen-bond donors (Lipinski definition) is 0. The molecule has 0 spiro atoms. The average Bonchev–Trinajstić information content (AvgIpc) is 2.04. The van der Waals surface area contributed by atoms with Crippen molar-refractivity contribution in [2.24, 2.45) is 5.41 Å². The predicted molar refractivity (Wildman–Crippen MR) is 55.5 cm³/mol. The lowest BCUT2D eigenvalue weighted by atomic mass is 9.83. The molecule has 0 aromatic carbocycles. The Morgan fingerprint density at radius 1 is 1.08 bits per heavy atom. The molecule has 0 amide bonds. The summed E-state index contributed by atoms with van der Waals surface area (Å²) in [7, 11) is 1.56. The van der Waals surface area contributed by atoms with Crippen LogP contribution in [-0.2, 0) is 9.78 Å². The highest BCUT2D eigenvalue weighted by molar-refractivity contribution is 4.67. The molecular weight excluding hydrogens is 164 g/mol. The Kier molecular flexibility index (Phi) is 7.29. The monoisotopic (exact) mass is 188 g/mol. The van der Waals surface area contributed by atoms with Crippen molar-refractivity contribution in [2.45, 2.75) is 52.9 Å². The summed E-state index contributed by atoms with van der Waals surface area (Å²) in [5.74, 6) is 0. The molecule has 0 aliphatic carbocycles. The van der Waals surface area contributed by atoms with Crippen LogP contribution >= 0.6 is 0 Å². The van der Waals surface area contributed by atoms with Crippen LogP contribution in [0.15, 0.2) is 0 Å². The molecule has 0 atom stereocenters. The molecular formula is C11H24O2. The Hall–Kier alpha value is -0.0800. The molecule has 0 rings (SSSR count). The third-order valence-corrected chi connectivity index (χ3v) is 2.38. The Morgan fingerprint density at radius 3 is 2.31 bits per heavy atom. The van der Waals surface area contributed by atoms with Gasteiger partial charge in [-0.3, -0.25) is 0 Å². The second-order valence-corrected chi connectivity index (χ2v) is 4.36. The molecule has 0 aromatic rings. The summed E-state index contributed by atoms with van der Waals surface area (Å²) < 4.78 is 0. The van der Waals surface area contributed by atoms with Crippen LogP contribution in [0.25, 0.3) is 0 Å². The second kappa shape index (κ2) is 7.34. The zero-order valence-corrected chi connectivity index (χ0v) is 9.56. The Balaban J connectivity index is 3.29. The first-order chi connectivity index (χ1) is 6.12. The summed E-state index contributed by atoms with van der Waals surface area (Å²) in [6, 6.07) is 0. The van der Waals surface area contributed by atoms with E-state index in [1.807, 2.05) is 0 Å². The van der Waals surface area contributed by atoms with Gasteiger partial charge in [0.1, 0.15) is 0 Å². The van der Waals surface area contributed by atoms with Gasteiger partial charge in [0.15, 0.2) is 0 Å². The van der Waals surface area contributed by atoms with Gasteiger partial charge in [0.25, 0.3) is 0 Å². The first-order valence-corrected chi connectivity index (χ1v) is 5.28. The van der Waals surface area contributed by atoms with Crippen molar-refractivity contribution in [3.63, 3.8) is 0 Å². The molecule has 0 bridgehead atoms. The zero-order valence-electron chi connectivity index (χ0n) is 9.56. The van der Waals surface area contributed by atoms with E-state index in [0.717, 1.165) is 13.0 Å². The molecule has 0 fully saturated rings. The van der Waals surface area contributed by atoms with Crippen molar-refractivity contribution >= 4 is 0 Å². The molecule has 0 aliphatic heterocycles. The zero-order chi connectivity index (χ0) is 10.2. The fourth-order valence-corrected chi connectivity index (χ4v) is 1.65. The molecule has 13 heavy (non-hydrogen) atoms. The van der Waals surface area contributed by atoms with Crippen molar-refractivity contribution in [1.29, 1.82) is 0 Å². The average molecular weight is 188 g/mol. The smallest absolute Gasteiger partial charge is 0.0822 e. The Labute approximate surface area is 82.5 Å². The molecule has 80 valence electrons. The van der Waals surface area contributed by atoms with E-state index in [2.05, 4.69) is 25.7 Å². The number of unbranched alkanes of at least 4 members (excludes halogenated alkanes) is 1. The van der Waals surface area contributed by atoms with Crippen molar-refractivity contribution in [1.82, 2.24) is 0 Å². The van der Waals surface area contributed by atoms with E-state index in [9.17, 15) is 0 Å². The topological polar surface area (TPSA) is 18.5 Å². The van der Waals surface area contributed by atoms with Crippen molar-refractivity contribution < 1.29 is 9.78 Å². The van der Waals surface area contributed by atoms with Gasteiger partial charge in [0.05, 0.1) is 13.7 Å². The van der Waals surface area contributed by atoms with Crippen LogP contribution in [0.4, 0.5) is 0 Å². The van der Waals surface area contributed by atoms with Gasteiger partial charge in [-0.25, -0.2) is 9.78 Å². The highest BCUT2D eigenvalue weighted by atomic mass is 17.2. The lowest BCUT2D eigenvalue weighted by molar-refractivity contribution is -0.272. The lowest BCUT2D eigenvalue weighted by Gasteiger charge is -2.23. The molecule has 0 aromatic heterocycles. The van der Waals surface area contributed by atoms with Crippen molar-refractivity contribution in [2.75, 3.05) is 13.7 Å². The minimum Gasteiger partial charge on any atom is -0.240 e. The normalized spacial score (nSPS) is 12.0. The van der Waals surface area contributed by atoms with Crippen LogP contribution in [0.1, 0.15) is 52.9 Å². The number of rotatable bonds is 8. The van der Waals surface area contributed by atoms with Gasteiger partial charge >= 0.3 is 0 Å². The molecule has 2 nitrogen and oxygen atoms in total. The van der Waals surface area contributed by atoms with Gasteiger partial charge in [-0.15, -0.1) is 0 Å². The molecule has 0 N–H and O–H groups in total. The van der Waals surface area contributed by atoms with E-state index in [4.69, 9.17) is 4.89 Å². The van der Waals surface area contributed by atoms with Gasteiger partial charge in [0, 0.05) is 0 Å². The SMILES string of the molecule is CCCC(C)(C)CCCCOOC. The minimum absolute atomic E-state index is 0.502. The summed E-state index contributed by atoms with van der Waals surface area (Å²) in [6.45, 7) is 7.65. The predicted octanol–water partition coefficient (Wildman–Crippen LogP) is 3.56. The standard InChI is InChI=1S/C11H24O2/c1-5-8-11(2,3)9-6-7-10-13-12-4/h5-10H2,1-4H3. The van der Waals surface area contributed by atoms with E-state index in [-0.39, 0.29) is 0 Å². The van der Waals surface area contributed by atoms with Gasteiger partial charge in [-0.05, 0) is 24.7 Å². The maximum Gasteiger partial charge on any atom is 0.0822 e. The second-order valence-electron chi connectivity index (χ2n) is 4.36. The molecule has 0 saturated carbocycles. The van der Waals surface area contributed by atoms with Crippen LogP contribution < -0.4 is 0 Å². The van der Waals surface area contributed by atoms with E-state index in [0.29, 0.717) is 5.41 Å². The fraction of sp³-hybridized carbons (Fsp3) is 1.00. The maximum atomic E-state index is 4.81. The van der Waals surface area contributed by atoms with Crippen molar-refractivity contribution in [3.05, 3.63) is 0 Å². The maximum absolute atomic E-state index is 4.81. The van der Waals surface area contributed by atoms with E-state index in [1.165, 1.54) is 25.7 Å².